The predicted molar refractivity (Wildman–Crippen MR) is 141 cm³/mol. The molecule has 3 aromatic rings. The number of carbonyl (C=O) groups is 1. The highest BCUT2D eigenvalue weighted by Gasteiger charge is 2.39. The topological polar surface area (TPSA) is 80.3 Å². The standard InChI is InChI=1S/C30H29F5N2O5/c1-16-21(14-37-10-12-40-13-11-37)41-30(42-28(16)18-4-2-17(15-38)3-5-18)19-6-8-20(9-7-19)36-29(39)22-23(31)25(33)27(35)26(34)24(22)32/h2-9,16,21,28,30,38H,10-15H2,1H3,(H,36,39). The zero-order chi connectivity index (χ0) is 30.0. The summed E-state index contributed by atoms with van der Waals surface area (Å²) in [6.07, 6.45) is -1.39. The van der Waals surface area contributed by atoms with E-state index < -0.39 is 46.8 Å². The average molecular weight is 593 g/mol. The van der Waals surface area contributed by atoms with Crippen molar-refractivity contribution < 1.29 is 46.1 Å². The maximum absolute atomic E-state index is 14.1. The molecule has 0 aliphatic carbocycles. The zero-order valence-electron chi connectivity index (χ0n) is 22.6. The second kappa shape index (κ2) is 12.8. The number of rotatable bonds is 7. The van der Waals surface area contributed by atoms with Gasteiger partial charge in [0, 0.05) is 36.8 Å². The van der Waals surface area contributed by atoms with Crippen molar-refractivity contribution in [2.24, 2.45) is 5.92 Å². The van der Waals surface area contributed by atoms with Crippen molar-refractivity contribution in [1.29, 1.82) is 0 Å². The van der Waals surface area contributed by atoms with Crippen LogP contribution in [0.1, 0.15) is 46.4 Å². The second-order valence-corrected chi connectivity index (χ2v) is 10.3. The summed E-state index contributed by atoms with van der Waals surface area (Å²) in [6, 6.07) is 13.4. The maximum Gasteiger partial charge on any atom is 0.261 e. The fourth-order valence-electron chi connectivity index (χ4n) is 5.09. The summed E-state index contributed by atoms with van der Waals surface area (Å²) in [5, 5.41) is 11.6. The summed E-state index contributed by atoms with van der Waals surface area (Å²) in [7, 11) is 0. The number of aliphatic hydroxyl groups excluding tert-OH is 1. The molecule has 224 valence electrons. The summed E-state index contributed by atoms with van der Waals surface area (Å²) < 4.78 is 86.9. The van der Waals surface area contributed by atoms with Gasteiger partial charge >= 0.3 is 0 Å². The maximum atomic E-state index is 14.1. The van der Waals surface area contributed by atoms with Crippen LogP contribution in [0.4, 0.5) is 27.6 Å². The smallest absolute Gasteiger partial charge is 0.261 e. The first-order chi connectivity index (χ1) is 20.2. The summed E-state index contributed by atoms with van der Waals surface area (Å²) in [5.41, 5.74) is 0.734. The van der Waals surface area contributed by atoms with Crippen LogP contribution in [0, 0.1) is 35.0 Å². The molecule has 42 heavy (non-hydrogen) atoms. The molecule has 1 amide bonds. The Kier molecular flexibility index (Phi) is 9.19. The molecule has 5 rings (SSSR count). The lowest BCUT2D eigenvalue weighted by Crippen LogP contribution is -2.47. The summed E-state index contributed by atoms with van der Waals surface area (Å²) in [6.45, 7) is 5.41. The second-order valence-electron chi connectivity index (χ2n) is 10.3. The minimum absolute atomic E-state index is 0.0380. The van der Waals surface area contributed by atoms with Crippen LogP contribution < -0.4 is 5.32 Å². The SMILES string of the molecule is CC1C(CN2CCOCC2)OC(c2ccc(NC(=O)c3c(F)c(F)c(F)c(F)c3F)cc2)OC1c1ccc(CO)cc1. The zero-order valence-corrected chi connectivity index (χ0v) is 22.6. The van der Waals surface area contributed by atoms with Crippen molar-refractivity contribution in [2.45, 2.75) is 32.0 Å². The van der Waals surface area contributed by atoms with Gasteiger partial charge in [-0.15, -0.1) is 0 Å². The van der Waals surface area contributed by atoms with Gasteiger partial charge in [0.2, 0.25) is 5.82 Å². The van der Waals surface area contributed by atoms with Gasteiger partial charge in [-0.2, -0.15) is 0 Å². The third-order valence-corrected chi connectivity index (χ3v) is 7.54. The molecular formula is C30H29F5N2O5. The third kappa shape index (κ3) is 6.18. The van der Waals surface area contributed by atoms with E-state index >= 15 is 0 Å². The highest BCUT2D eigenvalue weighted by molar-refractivity contribution is 6.04. The van der Waals surface area contributed by atoms with Gasteiger partial charge in [-0.3, -0.25) is 9.69 Å². The average Bonchev–Trinajstić information content (AvgIpc) is 3.01. The van der Waals surface area contributed by atoms with Crippen LogP contribution in [0.25, 0.3) is 0 Å². The van der Waals surface area contributed by atoms with Crippen LogP contribution in [0.5, 0.6) is 0 Å². The van der Waals surface area contributed by atoms with Crippen LogP contribution in [-0.4, -0.2) is 54.9 Å². The Labute approximate surface area is 238 Å². The third-order valence-electron chi connectivity index (χ3n) is 7.54. The van der Waals surface area contributed by atoms with Crippen molar-refractivity contribution >= 4 is 11.6 Å². The molecule has 0 bridgehead atoms. The van der Waals surface area contributed by atoms with Gasteiger partial charge < -0.3 is 24.6 Å². The number of ether oxygens (including phenoxy) is 3. The molecule has 7 nitrogen and oxygen atoms in total. The quantitative estimate of drug-likeness (QED) is 0.222. The molecule has 2 fully saturated rings. The highest BCUT2D eigenvalue weighted by atomic mass is 19.2. The molecule has 0 aromatic heterocycles. The number of anilines is 1. The Bertz CT molecular complexity index is 1390. The molecule has 0 saturated carbocycles. The van der Waals surface area contributed by atoms with Crippen molar-refractivity contribution in [1.82, 2.24) is 4.90 Å². The van der Waals surface area contributed by atoms with Crippen molar-refractivity contribution in [2.75, 3.05) is 38.2 Å². The Morgan fingerprint density at radius 3 is 2.02 bits per heavy atom. The summed E-state index contributed by atoms with van der Waals surface area (Å²) in [5.74, 6) is -12.7. The van der Waals surface area contributed by atoms with Crippen molar-refractivity contribution in [3.8, 4) is 0 Å². The van der Waals surface area contributed by atoms with E-state index in [0.29, 0.717) is 25.3 Å². The number of halogens is 5. The van der Waals surface area contributed by atoms with Gasteiger partial charge in [0.25, 0.3) is 5.91 Å². The summed E-state index contributed by atoms with van der Waals surface area (Å²) in [4.78, 5) is 14.7. The highest BCUT2D eigenvalue weighted by Crippen LogP contribution is 2.42. The molecule has 2 heterocycles. The van der Waals surface area contributed by atoms with E-state index in [2.05, 4.69) is 10.2 Å². The summed E-state index contributed by atoms with van der Waals surface area (Å²) >= 11 is 0. The van der Waals surface area contributed by atoms with E-state index in [1.165, 1.54) is 12.1 Å². The first kappa shape index (κ1) is 30.1. The normalized spacial score (nSPS) is 23.1. The number of carbonyl (C=O) groups excluding carboxylic acids is 1. The van der Waals surface area contributed by atoms with E-state index in [-0.39, 0.29) is 30.4 Å². The number of amides is 1. The molecule has 2 saturated heterocycles. The van der Waals surface area contributed by atoms with E-state index in [1.54, 1.807) is 12.1 Å². The molecule has 3 aromatic carbocycles. The van der Waals surface area contributed by atoms with Crippen LogP contribution >= 0.6 is 0 Å². The van der Waals surface area contributed by atoms with Crippen LogP contribution in [0.15, 0.2) is 48.5 Å². The number of nitrogens with one attached hydrogen (secondary N) is 1. The molecule has 2 N–H and O–H groups in total. The predicted octanol–water partition coefficient (Wildman–Crippen LogP) is 5.25. The number of aliphatic hydroxyl groups is 1. The van der Waals surface area contributed by atoms with Gasteiger partial charge in [0.1, 0.15) is 5.56 Å². The van der Waals surface area contributed by atoms with E-state index in [0.717, 1.165) is 24.2 Å². The van der Waals surface area contributed by atoms with Gasteiger partial charge in [-0.05, 0) is 23.3 Å². The number of benzene rings is 3. The fraction of sp³-hybridized carbons (Fsp3) is 0.367. The lowest BCUT2D eigenvalue weighted by molar-refractivity contribution is -0.277. The molecular weight excluding hydrogens is 563 g/mol. The fourth-order valence-corrected chi connectivity index (χ4v) is 5.09. The number of hydrogen-bond donors (Lipinski definition) is 2. The Morgan fingerprint density at radius 1 is 0.857 bits per heavy atom. The molecule has 2 aliphatic rings. The van der Waals surface area contributed by atoms with Crippen molar-refractivity contribution in [3.05, 3.63) is 99.9 Å². The molecule has 4 unspecified atom stereocenters. The van der Waals surface area contributed by atoms with E-state index in [9.17, 15) is 31.9 Å². The minimum atomic E-state index is -2.35. The van der Waals surface area contributed by atoms with Gasteiger partial charge in [-0.25, -0.2) is 22.0 Å². The van der Waals surface area contributed by atoms with Gasteiger partial charge in [0.15, 0.2) is 29.6 Å². The van der Waals surface area contributed by atoms with Crippen LogP contribution in [0.2, 0.25) is 0 Å². The monoisotopic (exact) mass is 592 g/mol. The molecule has 12 heteroatoms. The Hall–Kier alpha value is -3.42. The minimum Gasteiger partial charge on any atom is -0.392 e. The number of hydrogen-bond acceptors (Lipinski definition) is 6. The van der Waals surface area contributed by atoms with E-state index in [4.69, 9.17) is 14.2 Å². The lowest BCUT2D eigenvalue weighted by Gasteiger charge is -2.43. The molecule has 2 aliphatic heterocycles. The first-order valence-corrected chi connectivity index (χ1v) is 13.4. The van der Waals surface area contributed by atoms with Crippen LogP contribution in [-0.2, 0) is 20.8 Å². The van der Waals surface area contributed by atoms with Gasteiger partial charge in [0.05, 0.1) is 32.0 Å². The molecule has 0 spiro atoms. The first-order valence-electron chi connectivity index (χ1n) is 13.4. The van der Waals surface area contributed by atoms with Gasteiger partial charge in [-0.1, -0.05) is 43.3 Å². The largest absolute Gasteiger partial charge is 0.392 e. The van der Waals surface area contributed by atoms with Crippen LogP contribution in [0.3, 0.4) is 0 Å². The molecule has 4 atom stereocenters. The van der Waals surface area contributed by atoms with Crippen molar-refractivity contribution in [3.63, 3.8) is 0 Å². The Morgan fingerprint density at radius 2 is 1.43 bits per heavy atom. The number of nitrogens with zero attached hydrogens (tertiary/aromatic N) is 1. The lowest BCUT2D eigenvalue weighted by atomic mass is 9.90. The molecule has 0 radical (unpaired) electrons. The van der Waals surface area contributed by atoms with E-state index in [1.807, 2.05) is 31.2 Å². The Balaban J connectivity index is 1.36. The number of morpholine rings is 1.